The second-order valence-electron chi connectivity index (χ2n) is 2.79. The summed E-state index contributed by atoms with van der Waals surface area (Å²) in [6.07, 6.45) is 5.53. The maximum absolute atomic E-state index is 3.13. The molecule has 0 bridgehead atoms. The first-order chi connectivity index (χ1) is 5.36. The summed E-state index contributed by atoms with van der Waals surface area (Å²) in [5.41, 5.74) is 1.36. The molecule has 0 saturated carbocycles. The molecule has 0 spiro atoms. The molecule has 0 aromatic carbocycles. The lowest BCUT2D eigenvalue weighted by Crippen LogP contribution is -2.03. The number of hydrogen-bond donors (Lipinski definition) is 1. The molecule has 0 saturated heterocycles. The number of aromatic nitrogens is 1. The molecule has 1 N–H and O–H groups in total. The molecule has 2 heteroatoms. The van der Waals surface area contributed by atoms with Crippen LogP contribution in [0.2, 0.25) is 0 Å². The van der Waals surface area contributed by atoms with Gasteiger partial charge in [-0.25, -0.2) is 0 Å². The van der Waals surface area contributed by atoms with Gasteiger partial charge in [-0.05, 0) is 25.1 Å². The van der Waals surface area contributed by atoms with E-state index < -0.39 is 0 Å². The van der Waals surface area contributed by atoms with E-state index in [1.807, 2.05) is 7.05 Å². The van der Waals surface area contributed by atoms with Crippen LogP contribution in [0.3, 0.4) is 0 Å². The highest BCUT2D eigenvalue weighted by atomic mass is 14.9. The molecular formula is C9H16N2. The smallest absolute Gasteiger partial charge is 0.0217 e. The van der Waals surface area contributed by atoms with Crippen LogP contribution < -0.4 is 5.32 Å². The third kappa shape index (κ3) is 2.39. The first-order valence-corrected chi connectivity index (χ1v) is 4.16. The van der Waals surface area contributed by atoms with Crippen LogP contribution in [0.1, 0.15) is 18.9 Å². The third-order valence-electron chi connectivity index (χ3n) is 1.67. The Morgan fingerprint density at radius 2 is 2.36 bits per heavy atom. The minimum Gasteiger partial charge on any atom is -0.354 e. The van der Waals surface area contributed by atoms with Crippen LogP contribution in [-0.2, 0) is 13.1 Å². The molecule has 1 rings (SSSR count). The molecule has 1 heterocycles. The molecule has 0 aliphatic heterocycles. The SMILES string of the molecule is CCCn1ccc(CNC)c1. The molecule has 1 aromatic rings. The standard InChI is InChI=1S/C9H16N2/c1-3-5-11-6-4-9(8-11)7-10-2/h4,6,8,10H,3,5,7H2,1-2H3. The molecule has 0 radical (unpaired) electrons. The summed E-state index contributed by atoms with van der Waals surface area (Å²) in [6, 6.07) is 2.16. The van der Waals surface area contributed by atoms with Crippen molar-refractivity contribution in [1.29, 1.82) is 0 Å². The van der Waals surface area contributed by atoms with Crippen LogP contribution >= 0.6 is 0 Å². The van der Waals surface area contributed by atoms with E-state index in [1.165, 1.54) is 12.0 Å². The summed E-state index contributed by atoms with van der Waals surface area (Å²) in [7, 11) is 1.97. The van der Waals surface area contributed by atoms with E-state index in [-0.39, 0.29) is 0 Å². The van der Waals surface area contributed by atoms with E-state index >= 15 is 0 Å². The molecule has 0 amide bonds. The average molecular weight is 152 g/mol. The quantitative estimate of drug-likeness (QED) is 0.693. The molecule has 1 aromatic heterocycles. The maximum Gasteiger partial charge on any atom is 0.0217 e. The fourth-order valence-electron chi connectivity index (χ4n) is 1.20. The Bertz CT molecular complexity index is 183. The van der Waals surface area contributed by atoms with Gasteiger partial charge in [-0.3, -0.25) is 0 Å². The van der Waals surface area contributed by atoms with Gasteiger partial charge in [0, 0.05) is 25.5 Å². The number of nitrogens with zero attached hydrogens (tertiary/aromatic N) is 1. The fraction of sp³-hybridized carbons (Fsp3) is 0.556. The van der Waals surface area contributed by atoms with Gasteiger partial charge in [-0.15, -0.1) is 0 Å². The Balaban J connectivity index is 2.51. The van der Waals surface area contributed by atoms with Crippen molar-refractivity contribution < 1.29 is 0 Å². The number of aryl methyl sites for hydroxylation is 1. The van der Waals surface area contributed by atoms with Crippen LogP contribution in [0.4, 0.5) is 0 Å². The molecule has 0 fully saturated rings. The van der Waals surface area contributed by atoms with E-state index in [4.69, 9.17) is 0 Å². The Kier molecular flexibility index (Phi) is 3.17. The topological polar surface area (TPSA) is 17.0 Å². The second kappa shape index (κ2) is 4.19. The fourth-order valence-corrected chi connectivity index (χ4v) is 1.20. The van der Waals surface area contributed by atoms with Gasteiger partial charge >= 0.3 is 0 Å². The normalized spacial score (nSPS) is 10.4. The lowest BCUT2D eigenvalue weighted by atomic mass is 10.3. The Morgan fingerprint density at radius 1 is 1.55 bits per heavy atom. The van der Waals surface area contributed by atoms with Gasteiger partial charge in [0.1, 0.15) is 0 Å². The Morgan fingerprint density at radius 3 is 3.00 bits per heavy atom. The predicted molar refractivity (Wildman–Crippen MR) is 47.5 cm³/mol. The number of hydrogen-bond acceptors (Lipinski definition) is 1. The van der Waals surface area contributed by atoms with Gasteiger partial charge in [0.15, 0.2) is 0 Å². The van der Waals surface area contributed by atoms with Crippen molar-refractivity contribution in [3.05, 3.63) is 24.0 Å². The van der Waals surface area contributed by atoms with E-state index in [0.29, 0.717) is 0 Å². The van der Waals surface area contributed by atoms with Crippen molar-refractivity contribution in [1.82, 2.24) is 9.88 Å². The highest BCUT2D eigenvalue weighted by Gasteiger charge is 1.92. The minimum atomic E-state index is 0.969. The van der Waals surface area contributed by atoms with Crippen molar-refractivity contribution in [2.45, 2.75) is 26.4 Å². The van der Waals surface area contributed by atoms with Crippen LogP contribution in [-0.4, -0.2) is 11.6 Å². The molecule has 0 unspecified atom stereocenters. The van der Waals surface area contributed by atoms with E-state index in [0.717, 1.165) is 13.1 Å². The predicted octanol–water partition coefficient (Wildman–Crippen LogP) is 1.62. The first kappa shape index (κ1) is 8.34. The van der Waals surface area contributed by atoms with Crippen molar-refractivity contribution in [3.8, 4) is 0 Å². The summed E-state index contributed by atoms with van der Waals surface area (Å²) in [4.78, 5) is 0. The summed E-state index contributed by atoms with van der Waals surface area (Å²) >= 11 is 0. The molecule has 2 nitrogen and oxygen atoms in total. The third-order valence-corrected chi connectivity index (χ3v) is 1.67. The maximum atomic E-state index is 3.13. The van der Waals surface area contributed by atoms with Gasteiger partial charge in [-0.1, -0.05) is 6.92 Å². The highest BCUT2D eigenvalue weighted by Crippen LogP contribution is 2.01. The highest BCUT2D eigenvalue weighted by molar-refractivity contribution is 5.09. The number of nitrogens with one attached hydrogen (secondary N) is 1. The average Bonchev–Trinajstić information content (AvgIpc) is 2.38. The summed E-state index contributed by atoms with van der Waals surface area (Å²) in [5.74, 6) is 0. The largest absolute Gasteiger partial charge is 0.354 e. The molecular weight excluding hydrogens is 136 g/mol. The zero-order valence-electron chi connectivity index (χ0n) is 7.30. The van der Waals surface area contributed by atoms with Crippen LogP contribution in [0.5, 0.6) is 0 Å². The van der Waals surface area contributed by atoms with Crippen molar-refractivity contribution >= 4 is 0 Å². The lowest BCUT2D eigenvalue weighted by Gasteiger charge is -1.97. The monoisotopic (exact) mass is 152 g/mol. The van der Waals surface area contributed by atoms with Crippen molar-refractivity contribution in [2.75, 3.05) is 7.05 Å². The minimum absolute atomic E-state index is 0.969. The van der Waals surface area contributed by atoms with Gasteiger partial charge in [0.25, 0.3) is 0 Å². The second-order valence-corrected chi connectivity index (χ2v) is 2.79. The van der Waals surface area contributed by atoms with Crippen LogP contribution in [0, 0.1) is 0 Å². The van der Waals surface area contributed by atoms with E-state index in [2.05, 4.69) is 35.3 Å². The lowest BCUT2D eigenvalue weighted by molar-refractivity contribution is 0.679. The zero-order chi connectivity index (χ0) is 8.10. The molecule has 0 aliphatic rings. The van der Waals surface area contributed by atoms with Gasteiger partial charge in [0.05, 0.1) is 0 Å². The Labute approximate surface area is 68.2 Å². The summed E-state index contributed by atoms with van der Waals surface area (Å²) in [5, 5.41) is 3.13. The van der Waals surface area contributed by atoms with Crippen LogP contribution in [0.25, 0.3) is 0 Å². The van der Waals surface area contributed by atoms with E-state index in [9.17, 15) is 0 Å². The van der Waals surface area contributed by atoms with Crippen molar-refractivity contribution in [2.24, 2.45) is 0 Å². The number of rotatable bonds is 4. The van der Waals surface area contributed by atoms with Gasteiger partial charge in [-0.2, -0.15) is 0 Å². The molecule has 0 atom stereocenters. The summed E-state index contributed by atoms with van der Waals surface area (Å²) < 4.78 is 2.23. The molecule has 0 aliphatic carbocycles. The first-order valence-electron chi connectivity index (χ1n) is 4.16. The Hall–Kier alpha value is -0.760. The van der Waals surface area contributed by atoms with Gasteiger partial charge < -0.3 is 9.88 Å². The summed E-state index contributed by atoms with van der Waals surface area (Å²) in [6.45, 7) is 4.29. The van der Waals surface area contributed by atoms with Gasteiger partial charge in [0.2, 0.25) is 0 Å². The molecule has 11 heavy (non-hydrogen) atoms. The zero-order valence-corrected chi connectivity index (χ0v) is 7.30. The molecule has 62 valence electrons. The van der Waals surface area contributed by atoms with Crippen molar-refractivity contribution in [3.63, 3.8) is 0 Å². The van der Waals surface area contributed by atoms with E-state index in [1.54, 1.807) is 0 Å². The van der Waals surface area contributed by atoms with Crippen LogP contribution in [0.15, 0.2) is 18.5 Å².